The summed E-state index contributed by atoms with van der Waals surface area (Å²) in [6, 6.07) is 10.7. The second kappa shape index (κ2) is 8.33. The van der Waals surface area contributed by atoms with E-state index in [1.54, 1.807) is 6.07 Å². The van der Waals surface area contributed by atoms with Crippen LogP contribution in [-0.4, -0.2) is 32.7 Å². The Hall–Kier alpha value is -3.88. The fraction of sp³-hybridized carbons (Fsp3) is 0.261. The number of nitro groups is 1. The van der Waals surface area contributed by atoms with Gasteiger partial charge in [0, 0.05) is 23.3 Å². The summed E-state index contributed by atoms with van der Waals surface area (Å²) in [5, 5.41) is 12.8. The van der Waals surface area contributed by atoms with Crippen molar-refractivity contribution >= 4 is 23.4 Å². The Balaban J connectivity index is 1.75. The molecule has 4 rings (SSSR count). The van der Waals surface area contributed by atoms with Crippen LogP contribution in [0.3, 0.4) is 0 Å². The highest BCUT2D eigenvalue weighted by molar-refractivity contribution is 6.08. The molecule has 8 nitrogen and oxygen atoms in total. The van der Waals surface area contributed by atoms with Crippen LogP contribution in [0.25, 0.3) is 0 Å². The SMILES string of the molecule is CC1=CC[C@@H]2C(=O)N(N(Cc3ccccc3F)C(=O)c3cccc([N+](=O)[O-])c3)C(=O)[C@H]2C1. The van der Waals surface area contributed by atoms with Gasteiger partial charge in [-0.15, -0.1) is 0 Å². The number of nitro benzene ring substituents is 1. The minimum Gasteiger partial charge on any atom is -0.272 e. The zero-order valence-corrected chi connectivity index (χ0v) is 17.2. The lowest BCUT2D eigenvalue weighted by Gasteiger charge is -2.30. The first-order valence-electron chi connectivity index (χ1n) is 10.1. The number of allylic oxidation sites excluding steroid dienone is 2. The molecule has 0 N–H and O–H groups in total. The lowest BCUT2D eigenvalue weighted by Crippen LogP contribution is -2.50. The van der Waals surface area contributed by atoms with Crippen molar-refractivity contribution in [3.05, 3.63) is 87.2 Å². The maximum absolute atomic E-state index is 14.4. The number of non-ortho nitro benzene ring substituents is 1. The largest absolute Gasteiger partial charge is 0.273 e. The third-order valence-corrected chi connectivity index (χ3v) is 5.86. The van der Waals surface area contributed by atoms with Crippen molar-refractivity contribution < 1.29 is 23.7 Å². The quantitative estimate of drug-likeness (QED) is 0.308. The predicted molar refractivity (Wildman–Crippen MR) is 111 cm³/mol. The summed E-state index contributed by atoms with van der Waals surface area (Å²) in [6.07, 6.45) is 2.69. The van der Waals surface area contributed by atoms with Gasteiger partial charge in [-0.05, 0) is 31.9 Å². The molecule has 0 unspecified atom stereocenters. The van der Waals surface area contributed by atoms with Gasteiger partial charge in [-0.25, -0.2) is 9.40 Å². The molecule has 9 heteroatoms. The number of carbonyl (C=O) groups is 3. The smallest absolute Gasteiger partial charge is 0.272 e. The fourth-order valence-corrected chi connectivity index (χ4v) is 4.18. The Morgan fingerprint density at radius 1 is 1.16 bits per heavy atom. The molecular weight excluding hydrogens is 417 g/mol. The molecule has 1 heterocycles. The van der Waals surface area contributed by atoms with Gasteiger partial charge in [0.2, 0.25) is 0 Å². The number of rotatable bonds is 5. The third kappa shape index (κ3) is 3.77. The number of nitrogens with zero attached hydrogens (tertiary/aromatic N) is 3. The molecule has 2 atom stereocenters. The van der Waals surface area contributed by atoms with Crippen LogP contribution in [0.2, 0.25) is 0 Å². The predicted octanol–water partition coefficient (Wildman–Crippen LogP) is 3.63. The van der Waals surface area contributed by atoms with Gasteiger partial charge in [0.1, 0.15) is 5.82 Å². The van der Waals surface area contributed by atoms with Crippen molar-refractivity contribution in [2.24, 2.45) is 11.8 Å². The van der Waals surface area contributed by atoms with Crippen molar-refractivity contribution in [1.82, 2.24) is 10.0 Å². The Morgan fingerprint density at radius 3 is 2.59 bits per heavy atom. The van der Waals surface area contributed by atoms with Gasteiger partial charge in [0.25, 0.3) is 23.4 Å². The van der Waals surface area contributed by atoms with Crippen molar-refractivity contribution in [1.29, 1.82) is 0 Å². The topological polar surface area (TPSA) is 101 Å². The van der Waals surface area contributed by atoms with E-state index in [0.29, 0.717) is 12.8 Å². The van der Waals surface area contributed by atoms with E-state index in [0.717, 1.165) is 21.7 Å². The molecule has 1 fully saturated rings. The van der Waals surface area contributed by atoms with E-state index in [2.05, 4.69) is 0 Å². The van der Waals surface area contributed by atoms with Gasteiger partial charge in [-0.2, -0.15) is 5.01 Å². The molecule has 0 spiro atoms. The molecule has 1 aliphatic heterocycles. The van der Waals surface area contributed by atoms with Gasteiger partial charge in [0.15, 0.2) is 0 Å². The van der Waals surface area contributed by atoms with Crippen LogP contribution in [-0.2, 0) is 16.1 Å². The van der Waals surface area contributed by atoms with Crippen LogP contribution in [0.4, 0.5) is 10.1 Å². The monoisotopic (exact) mass is 437 g/mol. The van der Waals surface area contributed by atoms with E-state index in [9.17, 15) is 28.9 Å². The second-order valence-electron chi connectivity index (χ2n) is 7.95. The Bertz CT molecular complexity index is 1160. The van der Waals surface area contributed by atoms with E-state index in [1.807, 2.05) is 13.0 Å². The summed E-state index contributed by atoms with van der Waals surface area (Å²) in [6.45, 7) is 1.50. The van der Waals surface area contributed by atoms with Crippen LogP contribution in [0.1, 0.15) is 35.7 Å². The van der Waals surface area contributed by atoms with Gasteiger partial charge in [-0.1, -0.05) is 35.9 Å². The van der Waals surface area contributed by atoms with E-state index in [-0.39, 0.29) is 23.4 Å². The number of amides is 3. The minimum absolute atomic E-state index is 0.0830. The first-order chi connectivity index (χ1) is 15.3. The third-order valence-electron chi connectivity index (χ3n) is 5.86. The standard InChI is InChI=1S/C23H20FN3O5/c1-14-9-10-18-19(11-14)23(30)26(22(18)29)25(13-16-5-2-3-8-20(16)24)21(28)15-6-4-7-17(12-15)27(31)32/h2-9,12,18-19H,10-11,13H2,1H3/t18-,19-/m0/s1. The first-order valence-corrected chi connectivity index (χ1v) is 10.1. The lowest BCUT2D eigenvalue weighted by molar-refractivity contribution is -0.384. The molecule has 0 bridgehead atoms. The number of imide groups is 1. The van der Waals surface area contributed by atoms with Crippen LogP contribution < -0.4 is 0 Å². The molecule has 0 radical (unpaired) electrons. The minimum atomic E-state index is -0.804. The van der Waals surface area contributed by atoms with Crippen LogP contribution in [0.15, 0.2) is 60.2 Å². The molecular formula is C23H20FN3O5. The molecule has 1 aliphatic carbocycles. The molecule has 0 saturated carbocycles. The Kier molecular flexibility index (Phi) is 5.56. The van der Waals surface area contributed by atoms with E-state index in [4.69, 9.17) is 0 Å². The Morgan fingerprint density at radius 2 is 1.88 bits per heavy atom. The zero-order chi connectivity index (χ0) is 23.0. The Labute approximate surface area is 183 Å². The van der Waals surface area contributed by atoms with E-state index < -0.39 is 40.3 Å². The molecule has 32 heavy (non-hydrogen) atoms. The number of carbonyl (C=O) groups excluding carboxylic acids is 3. The van der Waals surface area contributed by atoms with Gasteiger partial charge in [-0.3, -0.25) is 24.5 Å². The maximum atomic E-state index is 14.4. The number of hydrogen-bond acceptors (Lipinski definition) is 5. The molecule has 2 aliphatic rings. The number of halogens is 1. The van der Waals surface area contributed by atoms with Gasteiger partial charge >= 0.3 is 0 Å². The van der Waals surface area contributed by atoms with Crippen molar-refractivity contribution in [3.8, 4) is 0 Å². The average Bonchev–Trinajstić information content (AvgIpc) is 3.02. The number of hydrazine groups is 1. The lowest BCUT2D eigenvalue weighted by atomic mass is 9.82. The summed E-state index contributed by atoms with van der Waals surface area (Å²) in [4.78, 5) is 50.3. The molecule has 0 aromatic heterocycles. The van der Waals surface area contributed by atoms with Crippen molar-refractivity contribution in [2.45, 2.75) is 26.3 Å². The second-order valence-corrected chi connectivity index (χ2v) is 7.95. The molecule has 3 amide bonds. The van der Waals surface area contributed by atoms with Crippen molar-refractivity contribution in [2.75, 3.05) is 0 Å². The normalized spacial score (nSPS) is 20.1. The molecule has 1 saturated heterocycles. The van der Waals surface area contributed by atoms with E-state index >= 15 is 0 Å². The highest BCUT2D eigenvalue weighted by Gasteiger charge is 2.51. The fourth-order valence-electron chi connectivity index (χ4n) is 4.18. The highest BCUT2D eigenvalue weighted by Crippen LogP contribution is 2.39. The van der Waals surface area contributed by atoms with Crippen LogP contribution in [0, 0.1) is 27.8 Å². The zero-order valence-electron chi connectivity index (χ0n) is 17.2. The van der Waals surface area contributed by atoms with Gasteiger partial charge in [0.05, 0.1) is 23.3 Å². The molecule has 164 valence electrons. The van der Waals surface area contributed by atoms with E-state index in [1.165, 1.54) is 36.4 Å². The summed E-state index contributed by atoms with van der Waals surface area (Å²) < 4.78 is 14.4. The molecule has 2 aromatic carbocycles. The van der Waals surface area contributed by atoms with Crippen molar-refractivity contribution in [3.63, 3.8) is 0 Å². The van der Waals surface area contributed by atoms with Crippen LogP contribution >= 0.6 is 0 Å². The van der Waals surface area contributed by atoms with Crippen LogP contribution in [0.5, 0.6) is 0 Å². The maximum Gasteiger partial charge on any atom is 0.273 e. The van der Waals surface area contributed by atoms with Gasteiger partial charge < -0.3 is 0 Å². The number of benzene rings is 2. The average molecular weight is 437 g/mol. The summed E-state index contributed by atoms with van der Waals surface area (Å²) in [5.74, 6) is -3.64. The summed E-state index contributed by atoms with van der Waals surface area (Å²) >= 11 is 0. The molecule has 2 aromatic rings. The number of fused-ring (bicyclic) bond motifs is 1. The summed E-state index contributed by atoms with van der Waals surface area (Å²) in [5.41, 5.74) is 0.700. The highest BCUT2D eigenvalue weighted by atomic mass is 19.1. The first kappa shape index (κ1) is 21.4. The number of hydrogen-bond donors (Lipinski definition) is 0. The summed E-state index contributed by atoms with van der Waals surface area (Å²) in [7, 11) is 0.